The summed E-state index contributed by atoms with van der Waals surface area (Å²) in [6.45, 7) is 0. The van der Waals surface area contributed by atoms with Crippen LogP contribution in [0.3, 0.4) is 0 Å². The molecule has 0 fully saturated rings. The van der Waals surface area contributed by atoms with Gasteiger partial charge in [0.15, 0.2) is 11.5 Å². The van der Waals surface area contributed by atoms with E-state index in [9.17, 15) is 15.3 Å². The highest BCUT2D eigenvalue weighted by molar-refractivity contribution is 5.83. The summed E-state index contributed by atoms with van der Waals surface area (Å²) in [4.78, 5) is 0. The Morgan fingerprint density at radius 3 is 2.06 bits per heavy atom. The van der Waals surface area contributed by atoms with Crippen molar-refractivity contribution in [2.75, 3.05) is 14.2 Å². The lowest BCUT2D eigenvalue weighted by Crippen LogP contribution is -2.08. The van der Waals surface area contributed by atoms with Gasteiger partial charge in [-0.05, 0) is 83.8 Å². The van der Waals surface area contributed by atoms with Crippen molar-refractivity contribution in [1.29, 1.82) is 0 Å². The van der Waals surface area contributed by atoms with Crippen molar-refractivity contribution in [3.8, 4) is 62.5 Å². The van der Waals surface area contributed by atoms with E-state index in [-0.39, 0.29) is 17.2 Å². The number of hydrogen-bond donors (Lipinski definition) is 3. The molecule has 3 N–H and O–H groups in total. The molecule has 0 radical (unpaired) electrons. The fraction of sp³-hybridized carbons (Fsp3) is 0.200. The molecule has 0 atom stereocenters. The molecule has 0 amide bonds. The first-order valence-electron chi connectivity index (χ1n) is 11.9. The number of phenolic OH excluding ortho intramolecular Hbond substituents is 3. The Balaban J connectivity index is 1.43. The van der Waals surface area contributed by atoms with Crippen LogP contribution in [0.25, 0.3) is 22.3 Å². The van der Waals surface area contributed by atoms with Gasteiger partial charge in [0.25, 0.3) is 0 Å². The molecule has 182 valence electrons. The predicted molar refractivity (Wildman–Crippen MR) is 137 cm³/mol. The van der Waals surface area contributed by atoms with Gasteiger partial charge in [-0.15, -0.1) is 0 Å². The van der Waals surface area contributed by atoms with Crippen LogP contribution in [0, 0.1) is 0 Å². The second-order valence-electron chi connectivity index (χ2n) is 9.23. The fourth-order valence-electron chi connectivity index (χ4n) is 5.57. The van der Waals surface area contributed by atoms with E-state index >= 15 is 0 Å². The van der Waals surface area contributed by atoms with Crippen LogP contribution in [0.4, 0.5) is 0 Å². The zero-order chi connectivity index (χ0) is 25.0. The van der Waals surface area contributed by atoms with E-state index in [0.717, 1.165) is 57.3 Å². The van der Waals surface area contributed by atoms with Crippen LogP contribution in [0.5, 0.6) is 40.2 Å². The lowest BCUT2D eigenvalue weighted by Gasteiger charge is -2.26. The lowest BCUT2D eigenvalue weighted by molar-refractivity contribution is 0.388. The molecule has 0 saturated heterocycles. The summed E-state index contributed by atoms with van der Waals surface area (Å²) in [5, 5.41) is 30.9. The predicted octanol–water partition coefficient (Wildman–Crippen LogP) is 6.14. The van der Waals surface area contributed by atoms with Crippen LogP contribution < -0.4 is 14.2 Å². The number of methoxy groups -OCH3 is 2. The Morgan fingerprint density at radius 1 is 0.611 bits per heavy atom. The van der Waals surface area contributed by atoms with Crippen molar-refractivity contribution in [2.45, 2.75) is 25.7 Å². The van der Waals surface area contributed by atoms with Crippen molar-refractivity contribution < 1.29 is 29.5 Å². The van der Waals surface area contributed by atoms with Crippen LogP contribution in [0.2, 0.25) is 0 Å². The van der Waals surface area contributed by atoms with Gasteiger partial charge >= 0.3 is 0 Å². The van der Waals surface area contributed by atoms with E-state index in [1.807, 2.05) is 24.3 Å². The van der Waals surface area contributed by atoms with E-state index in [0.29, 0.717) is 35.8 Å². The van der Waals surface area contributed by atoms with E-state index in [1.165, 1.54) is 0 Å². The minimum Gasteiger partial charge on any atom is -0.508 e. The Bertz CT molecular complexity index is 1500. The molecule has 4 aromatic carbocycles. The topological polar surface area (TPSA) is 88.4 Å². The third-order valence-corrected chi connectivity index (χ3v) is 7.16. The summed E-state index contributed by atoms with van der Waals surface area (Å²) < 4.78 is 17.5. The zero-order valence-corrected chi connectivity index (χ0v) is 20.1. The highest BCUT2D eigenvalue weighted by Crippen LogP contribution is 2.50. The minimum atomic E-state index is 0.0213. The van der Waals surface area contributed by atoms with Gasteiger partial charge in [0, 0.05) is 28.8 Å². The maximum absolute atomic E-state index is 10.9. The number of aromatic hydroxyl groups is 3. The van der Waals surface area contributed by atoms with Gasteiger partial charge in [-0.25, -0.2) is 0 Å². The number of phenols is 3. The molecule has 2 aliphatic rings. The molecule has 0 unspecified atom stereocenters. The van der Waals surface area contributed by atoms with E-state index in [4.69, 9.17) is 14.2 Å². The molecule has 6 nitrogen and oxygen atoms in total. The maximum Gasteiger partial charge on any atom is 0.173 e. The van der Waals surface area contributed by atoms with E-state index in [1.54, 1.807) is 44.6 Å². The minimum absolute atomic E-state index is 0.0213. The zero-order valence-electron chi connectivity index (χ0n) is 20.1. The summed E-state index contributed by atoms with van der Waals surface area (Å²) in [5.41, 5.74) is 7.97. The second kappa shape index (κ2) is 8.41. The van der Waals surface area contributed by atoms with Crippen molar-refractivity contribution in [3.63, 3.8) is 0 Å². The average molecular weight is 483 g/mol. The first-order chi connectivity index (χ1) is 17.5. The highest BCUT2D eigenvalue weighted by Gasteiger charge is 2.28. The van der Waals surface area contributed by atoms with Crippen LogP contribution in [-0.2, 0) is 25.7 Å². The third kappa shape index (κ3) is 3.49. The quantitative estimate of drug-likeness (QED) is 0.324. The normalized spacial score (nSPS) is 13.2. The molecular formula is C30H26O6. The van der Waals surface area contributed by atoms with Gasteiger partial charge in [0.1, 0.15) is 28.7 Å². The molecule has 36 heavy (non-hydrogen) atoms. The molecule has 6 rings (SSSR count). The van der Waals surface area contributed by atoms with Crippen molar-refractivity contribution in [1.82, 2.24) is 0 Å². The number of rotatable bonds is 4. The lowest BCUT2D eigenvalue weighted by atomic mass is 9.84. The highest BCUT2D eigenvalue weighted by atomic mass is 16.5. The van der Waals surface area contributed by atoms with Gasteiger partial charge in [0.2, 0.25) is 0 Å². The first kappa shape index (κ1) is 22.2. The Kier molecular flexibility index (Phi) is 5.18. The number of ether oxygens (including phenoxy) is 3. The Labute approximate surface area is 209 Å². The van der Waals surface area contributed by atoms with Gasteiger partial charge in [0.05, 0.1) is 14.2 Å². The Morgan fingerprint density at radius 2 is 1.25 bits per heavy atom. The van der Waals surface area contributed by atoms with Crippen molar-refractivity contribution in [3.05, 3.63) is 76.9 Å². The molecule has 0 spiro atoms. The molecule has 0 bridgehead atoms. The summed E-state index contributed by atoms with van der Waals surface area (Å²) in [5.74, 6) is 2.72. The van der Waals surface area contributed by atoms with Gasteiger partial charge in [-0.1, -0.05) is 12.1 Å². The number of hydrogen-bond acceptors (Lipinski definition) is 6. The maximum atomic E-state index is 10.9. The van der Waals surface area contributed by atoms with E-state index in [2.05, 4.69) is 0 Å². The Hall–Kier alpha value is -4.32. The summed E-state index contributed by atoms with van der Waals surface area (Å²) in [7, 11) is 3.19. The third-order valence-electron chi connectivity index (χ3n) is 7.16. The molecule has 6 heteroatoms. The molecule has 0 heterocycles. The summed E-state index contributed by atoms with van der Waals surface area (Å²) >= 11 is 0. The van der Waals surface area contributed by atoms with Gasteiger partial charge in [-0.2, -0.15) is 0 Å². The standard InChI is InChI=1S/C30H26O6/c1-34-26-14-20(32)12-18-4-3-17-13-21(7-10-22(17)28(18)26)36-30-24-8-5-16-11-19(31)6-9-23(16)29(24)27(35-2)15-25(30)33/h6-7,9-15,31-33H,3-5,8H2,1-2H3. The van der Waals surface area contributed by atoms with Crippen molar-refractivity contribution in [2.24, 2.45) is 0 Å². The number of aryl methyl sites for hydroxylation is 3. The first-order valence-corrected chi connectivity index (χ1v) is 11.9. The largest absolute Gasteiger partial charge is 0.508 e. The molecule has 4 aromatic rings. The SMILES string of the molecule is COc1cc(O)cc2c1-c1ccc(Oc3c(O)cc(OC)c4c3CCc3cc(O)ccc3-4)cc1CC2. The van der Waals surface area contributed by atoms with Gasteiger partial charge in [-0.3, -0.25) is 0 Å². The summed E-state index contributed by atoms with van der Waals surface area (Å²) in [6, 6.07) is 16.3. The average Bonchev–Trinajstić information content (AvgIpc) is 2.88. The second-order valence-corrected chi connectivity index (χ2v) is 9.23. The number of fused-ring (bicyclic) bond motifs is 6. The smallest absolute Gasteiger partial charge is 0.173 e. The summed E-state index contributed by atoms with van der Waals surface area (Å²) in [6.07, 6.45) is 2.94. The fourth-order valence-corrected chi connectivity index (χ4v) is 5.57. The molecule has 0 aliphatic heterocycles. The van der Waals surface area contributed by atoms with Crippen LogP contribution in [0.15, 0.2) is 54.6 Å². The molecular weight excluding hydrogens is 456 g/mol. The monoisotopic (exact) mass is 482 g/mol. The molecule has 0 aromatic heterocycles. The molecule has 0 saturated carbocycles. The van der Waals surface area contributed by atoms with Crippen molar-refractivity contribution >= 4 is 0 Å². The van der Waals surface area contributed by atoms with Crippen LogP contribution in [0.1, 0.15) is 22.3 Å². The number of benzene rings is 4. The van der Waals surface area contributed by atoms with Crippen LogP contribution in [-0.4, -0.2) is 29.5 Å². The molecule has 2 aliphatic carbocycles. The van der Waals surface area contributed by atoms with E-state index < -0.39 is 0 Å². The van der Waals surface area contributed by atoms with Crippen LogP contribution >= 0.6 is 0 Å². The van der Waals surface area contributed by atoms with Gasteiger partial charge < -0.3 is 29.5 Å².